The zero-order chi connectivity index (χ0) is 14.5. The molecule has 2 amide bonds. The summed E-state index contributed by atoms with van der Waals surface area (Å²) in [6.45, 7) is 2.22. The van der Waals surface area contributed by atoms with Crippen molar-refractivity contribution in [3.05, 3.63) is 24.0 Å². The Hall–Kier alpha value is -2.15. The molecule has 0 bridgehead atoms. The van der Waals surface area contributed by atoms with Crippen LogP contribution >= 0.6 is 0 Å². The normalized spacial score (nSPS) is 14.8. The van der Waals surface area contributed by atoms with Crippen LogP contribution in [0.1, 0.15) is 0 Å². The van der Waals surface area contributed by atoms with E-state index in [1.165, 1.54) is 30.2 Å². The van der Waals surface area contributed by atoms with Gasteiger partial charge in [-0.25, -0.2) is 4.39 Å². The minimum absolute atomic E-state index is 0.0714. The molecule has 7 heteroatoms. The molecule has 1 aromatic carbocycles. The van der Waals surface area contributed by atoms with E-state index in [2.05, 4.69) is 10.6 Å². The highest BCUT2D eigenvalue weighted by Crippen LogP contribution is 2.21. The Labute approximate surface area is 115 Å². The molecule has 0 aromatic heterocycles. The molecule has 0 aliphatic carbocycles. The second-order valence-corrected chi connectivity index (χ2v) is 4.34. The fourth-order valence-electron chi connectivity index (χ4n) is 1.91. The van der Waals surface area contributed by atoms with Crippen molar-refractivity contribution in [1.29, 1.82) is 0 Å². The lowest BCUT2D eigenvalue weighted by Gasteiger charge is -2.26. The Bertz CT molecular complexity index is 516. The minimum atomic E-state index is -0.848. The standard InChI is InChI=1S/C13H16FN3O3/c1-20-9-2-3-10(14)11(8-9)16-12(18)13(19)17-6-4-15-5-7-17/h2-3,8,15H,4-7H2,1H3,(H,16,18). The van der Waals surface area contributed by atoms with Crippen LogP contribution in [0.25, 0.3) is 0 Å². The van der Waals surface area contributed by atoms with E-state index in [1.807, 2.05) is 0 Å². The molecule has 6 nitrogen and oxygen atoms in total. The SMILES string of the molecule is COc1ccc(F)c(NC(=O)C(=O)N2CCNCC2)c1. The van der Waals surface area contributed by atoms with Gasteiger partial charge in [0.2, 0.25) is 0 Å². The molecule has 0 saturated carbocycles. The maximum Gasteiger partial charge on any atom is 0.313 e. The molecule has 2 N–H and O–H groups in total. The average molecular weight is 281 g/mol. The van der Waals surface area contributed by atoms with Crippen LogP contribution < -0.4 is 15.4 Å². The number of benzene rings is 1. The smallest absolute Gasteiger partial charge is 0.313 e. The maximum absolute atomic E-state index is 13.6. The maximum atomic E-state index is 13.6. The first-order chi connectivity index (χ1) is 9.61. The van der Waals surface area contributed by atoms with Crippen molar-refractivity contribution < 1.29 is 18.7 Å². The molecule has 1 aromatic rings. The van der Waals surface area contributed by atoms with Gasteiger partial charge >= 0.3 is 11.8 Å². The summed E-state index contributed by atoms with van der Waals surface area (Å²) in [5, 5.41) is 5.36. The van der Waals surface area contributed by atoms with Gasteiger partial charge in [0.15, 0.2) is 0 Å². The lowest BCUT2D eigenvalue weighted by Crippen LogP contribution is -2.49. The van der Waals surface area contributed by atoms with E-state index in [1.54, 1.807) is 0 Å². The molecule has 1 heterocycles. The molecule has 0 spiro atoms. The second-order valence-electron chi connectivity index (χ2n) is 4.34. The third kappa shape index (κ3) is 3.24. The summed E-state index contributed by atoms with van der Waals surface area (Å²) in [7, 11) is 1.44. The van der Waals surface area contributed by atoms with E-state index in [9.17, 15) is 14.0 Å². The summed E-state index contributed by atoms with van der Waals surface area (Å²) in [4.78, 5) is 25.2. The highest BCUT2D eigenvalue weighted by molar-refractivity contribution is 6.39. The Morgan fingerprint density at radius 2 is 2.05 bits per heavy atom. The monoisotopic (exact) mass is 281 g/mol. The summed E-state index contributed by atoms with van der Waals surface area (Å²) in [6, 6.07) is 3.94. The molecule has 1 aliphatic rings. The van der Waals surface area contributed by atoms with Crippen LogP contribution in [0.3, 0.4) is 0 Å². The molecule has 108 valence electrons. The summed E-state index contributed by atoms with van der Waals surface area (Å²) in [5.74, 6) is -1.73. The van der Waals surface area contributed by atoms with Crippen molar-refractivity contribution in [2.45, 2.75) is 0 Å². The third-order valence-corrected chi connectivity index (χ3v) is 3.02. The number of carbonyl (C=O) groups is 2. The Morgan fingerprint density at radius 3 is 2.70 bits per heavy atom. The first kappa shape index (κ1) is 14.3. The van der Waals surface area contributed by atoms with Gasteiger partial charge in [-0.05, 0) is 12.1 Å². The van der Waals surface area contributed by atoms with Crippen LogP contribution in [-0.4, -0.2) is 50.0 Å². The van der Waals surface area contributed by atoms with Crippen LogP contribution in [0.2, 0.25) is 0 Å². The van der Waals surface area contributed by atoms with E-state index in [0.29, 0.717) is 31.9 Å². The van der Waals surface area contributed by atoms with Crippen molar-refractivity contribution in [3.63, 3.8) is 0 Å². The molecule has 0 radical (unpaired) electrons. The molecule has 1 fully saturated rings. The topological polar surface area (TPSA) is 70.7 Å². The van der Waals surface area contributed by atoms with Crippen molar-refractivity contribution in [2.75, 3.05) is 38.6 Å². The third-order valence-electron chi connectivity index (χ3n) is 3.02. The number of hydrogen-bond donors (Lipinski definition) is 2. The van der Waals surface area contributed by atoms with Gasteiger partial charge in [0.1, 0.15) is 11.6 Å². The lowest BCUT2D eigenvalue weighted by molar-refractivity contribution is -0.143. The second kappa shape index (κ2) is 6.33. The molecular formula is C13H16FN3O3. The number of anilines is 1. The van der Waals surface area contributed by atoms with Crippen LogP contribution in [0.15, 0.2) is 18.2 Å². The van der Waals surface area contributed by atoms with Crippen LogP contribution in [-0.2, 0) is 9.59 Å². The summed E-state index contributed by atoms with van der Waals surface area (Å²) >= 11 is 0. The molecule has 0 atom stereocenters. The number of methoxy groups -OCH3 is 1. The summed E-state index contributed by atoms with van der Waals surface area (Å²) < 4.78 is 18.5. The van der Waals surface area contributed by atoms with Gasteiger partial charge in [-0.3, -0.25) is 9.59 Å². The number of ether oxygens (including phenoxy) is 1. The van der Waals surface area contributed by atoms with E-state index in [-0.39, 0.29) is 5.69 Å². The van der Waals surface area contributed by atoms with Gasteiger partial charge in [0.25, 0.3) is 0 Å². The highest BCUT2D eigenvalue weighted by atomic mass is 19.1. The van der Waals surface area contributed by atoms with Gasteiger partial charge in [0.05, 0.1) is 12.8 Å². The zero-order valence-corrected chi connectivity index (χ0v) is 11.1. The van der Waals surface area contributed by atoms with E-state index in [0.717, 1.165) is 0 Å². The highest BCUT2D eigenvalue weighted by Gasteiger charge is 2.24. The molecule has 1 saturated heterocycles. The summed E-state index contributed by atoms with van der Waals surface area (Å²) in [6.07, 6.45) is 0. The largest absolute Gasteiger partial charge is 0.497 e. The number of nitrogens with one attached hydrogen (secondary N) is 2. The van der Waals surface area contributed by atoms with Crippen molar-refractivity contribution in [3.8, 4) is 5.75 Å². The van der Waals surface area contributed by atoms with Crippen LogP contribution in [0, 0.1) is 5.82 Å². The number of nitrogens with zero attached hydrogens (tertiary/aromatic N) is 1. The number of rotatable bonds is 2. The fraction of sp³-hybridized carbons (Fsp3) is 0.385. The van der Waals surface area contributed by atoms with Gasteiger partial charge in [-0.15, -0.1) is 0 Å². The lowest BCUT2D eigenvalue weighted by atomic mass is 10.2. The number of hydrogen-bond acceptors (Lipinski definition) is 4. The van der Waals surface area contributed by atoms with E-state index < -0.39 is 17.6 Å². The van der Waals surface area contributed by atoms with Crippen molar-refractivity contribution in [1.82, 2.24) is 10.2 Å². The molecule has 1 aliphatic heterocycles. The Morgan fingerprint density at radius 1 is 1.35 bits per heavy atom. The van der Waals surface area contributed by atoms with Gasteiger partial charge < -0.3 is 20.3 Å². The van der Waals surface area contributed by atoms with Crippen LogP contribution in [0.4, 0.5) is 10.1 Å². The van der Waals surface area contributed by atoms with Crippen molar-refractivity contribution >= 4 is 17.5 Å². The predicted molar refractivity (Wildman–Crippen MR) is 71.0 cm³/mol. The molecule has 20 heavy (non-hydrogen) atoms. The minimum Gasteiger partial charge on any atom is -0.497 e. The van der Waals surface area contributed by atoms with Gasteiger partial charge in [-0.1, -0.05) is 0 Å². The van der Waals surface area contributed by atoms with Crippen molar-refractivity contribution in [2.24, 2.45) is 0 Å². The van der Waals surface area contributed by atoms with Crippen LogP contribution in [0.5, 0.6) is 5.75 Å². The average Bonchev–Trinajstić information content (AvgIpc) is 2.49. The first-order valence-corrected chi connectivity index (χ1v) is 6.26. The number of piperazine rings is 1. The zero-order valence-electron chi connectivity index (χ0n) is 11.1. The Balaban J connectivity index is 2.05. The predicted octanol–water partition coefficient (Wildman–Crippen LogP) is 0.205. The molecule has 0 unspecified atom stereocenters. The number of halogens is 1. The molecular weight excluding hydrogens is 265 g/mol. The fourth-order valence-corrected chi connectivity index (χ4v) is 1.91. The van der Waals surface area contributed by atoms with Gasteiger partial charge in [0, 0.05) is 32.2 Å². The van der Waals surface area contributed by atoms with Gasteiger partial charge in [-0.2, -0.15) is 0 Å². The van der Waals surface area contributed by atoms with E-state index >= 15 is 0 Å². The summed E-state index contributed by atoms with van der Waals surface area (Å²) in [5.41, 5.74) is -0.0714. The molecule has 2 rings (SSSR count). The first-order valence-electron chi connectivity index (χ1n) is 6.26. The Kier molecular flexibility index (Phi) is 4.52. The number of carbonyl (C=O) groups excluding carboxylic acids is 2. The van der Waals surface area contributed by atoms with E-state index in [4.69, 9.17) is 4.74 Å². The quantitative estimate of drug-likeness (QED) is 0.760. The number of amides is 2.